The zero-order chi connectivity index (χ0) is 25.7. The first-order valence-electron chi connectivity index (χ1n) is 12.1. The van der Waals surface area contributed by atoms with Gasteiger partial charge in [-0.05, 0) is 82.7 Å². The second-order valence-electron chi connectivity index (χ2n) is 9.36. The van der Waals surface area contributed by atoms with Crippen LogP contribution in [0.3, 0.4) is 0 Å². The van der Waals surface area contributed by atoms with E-state index in [0.29, 0.717) is 31.0 Å². The fourth-order valence-electron chi connectivity index (χ4n) is 4.12. The van der Waals surface area contributed by atoms with Gasteiger partial charge in [-0.3, -0.25) is 9.59 Å². The number of likely N-dealkylation sites (tertiary alicyclic amines) is 1. The SMILES string of the molecule is CCCOc1ccc(C2/C(=C(\O)c3ccc(OC(C)C)cc3C)C(=O)C(=O)N2CCN(C)C)cc1. The van der Waals surface area contributed by atoms with Crippen molar-refractivity contribution in [3.8, 4) is 11.5 Å². The van der Waals surface area contributed by atoms with Crippen LogP contribution in [0, 0.1) is 6.92 Å². The van der Waals surface area contributed by atoms with E-state index in [0.717, 1.165) is 23.3 Å². The summed E-state index contributed by atoms with van der Waals surface area (Å²) in [6.45, 7) is 9.31. The number of benzene rings is 2. The second kappa shape index (κ2) is 11.4. The fraction of sp³-hybridized carbons (Fsp3) is 0.429. The predicted octanol–water partition coefficient (Wildman–Crippen LogP) is 4.55. The van der Waals surface area contributed by atoms with Crippen LogP contribution in [0.15, 0.2) is 48.0 Å². The Kier molecular flexibility index (Phi) is 8.57. The number of likely N-dealkylation sites (N-methyl/N-ethyl adjacent to an activating group) is 1. The Bertz CT molecular complexity index is 1090. The molecule has 1 unspecified atom stereocenters. The summed E-state index contributed by atoms with van der Waals surface area (Å²) in [5.41, 5.74) is 2.09. The third kappa shape index (κ3) is 6.03. The first-order valence-corrected chi connectivity index (χ1v) is 12.1. The van der Waals surface area contributed by atoms with Crippen molar-refractivity contribution >= 4 is 17.4 Å². The molecule has 1 atom stereocenters. The number of carbonyl (C=O) groups excluding carboxylic acids is 2. The lowest BCUT2D eigenvalue weighted by Gasteiger charge is -2.27. The third-order valence-corrected chi connectivity index (χ3v) is 5.82. The average Bonchev–Trinajstić information content (AvgIpc) is 3.06. The highest BCUT2D eigenvalue weighted by Gasteiger charge is 2.46. The van der Waals surface area contributed by atoms with Gasteiger partial charge < -0.3 is 24.4 Å². The highest BCUT2D eigenvalue weighted by Crippen LogP contribution is 2.40. The summed E-state index contributed by atoms with van der Waals surface area (Å²) in [5.74, 6) is -0.0701. The monoisotopic (exact) mass is 480 g/mol. The van der Waals surface area contributed by atoms with E-state index in [1.807, 2.05) is 77.0 Å². The molecule has 1 heterocycles. The lowest BCUT2D eigenvalue weighted by atomic mass is 9.94. The van der Waals surface area contributed by atoms with E-state index in [1.54, 1.807) is 17.0 Å². The van der Waals surface area contributed by atoms with Crippen LogP contribution in [-0.4, -0.2) is 66.5 Å². The summed E-state index contributed by atoms with van der Waals surface area (Å²) in [6, 6.07) is 12.0. The first kappa shape index (κ1) is 26.3. The summed E-state index contributed by atoms with van der Waals surface area (Å²) in [4.78, 5) is 29.8. The van der Waals surface area contributed by atoms with Gasteiger partial charge in [0.25, 0.3) is 11.7 Å². The number of Topliss-reactive ketones (excluding diaryl/α,β-unsaturated/α-hetero) is 1. The topological polar surface area (TPSA) is 79.3 Å². The van der Waals surface area contributed by atoms with Crippen LogP contribution >= 0.6 is 0 Å². The van der Waals surface area contributed by atoms with Gasteiger partial charge in [0.1, 0.15) is 17.3 Å². The third-order valence-electron chi connectivity index (χ3n) is 5.82. The zero-order valence-electron chi connectivity index (χ0n) is 21.5. The lowest BCUT2D eigenvalue weighted by molar-refractivity contribution is -0.140. The van der Waals surface area contributed by atoms with Gasteiger partial charge in [0.2, 0.25) is 0 Å². The minimum absolute atomic E-state index is 0.0140. The van der Waals surface area contributed by atoms with Crippen LogP contribution in [0.25, 0.3) is 5.76 Å². The Balaban J connectivity index is 2.08. The fourth-order valence-corrected chi connectivity index (χ4v) is 4.12. The van der Waals surface area contributed by atoms with E-state index in [9.17, 15) is 14.7 Å². The standard InChI is InChI=1S/C28H36N2O5/c1-7-16-34-21-10-8-20(9-11-21)25-24(27(32)28(33)30(25)15-14-29(5)6)26(31)23-13-12-22(17-19(23)4)35-18(2)3/h8-13,17-18,25,31H,7,14-16H2,1-6H3/b26-24+. The number of hydrogen-bond donors (Lipinski definition) is 1. The Labute approximate surface area is 207 Å². The average molecular weight is 481 g/mol. The molecule has 1 aliphatic heterocycles. The van der Waals surface area contributed by atoms with Crippen LogP contribution < -0.4 is 9.47 Å². The minimum Gasteiger partial charge on any atom is -0.507 e. The van der Waals surface area contributed by atoms with Gasteiger partial charge in [0.05, 0.1) is 24.3 Å². The molecular weight excluding hydrogens is 444 g/mol. The van der Waals surface area contributed by atoms with Crippen molar-refractivity contribution in [2.45, 2.75) is 46.3 Å². The summed E-state index contributed by atoms with van der Waals surface area (Å²) in [5, 5.41) is 11.4. The summed E-state index contributed by atoms with van der Waals surface area (Å²) < 4.78 is 11.4. The molecule has 2 aromatic carbocycles. The van der Waals surface area contributed by atoms with Crippen LogP contribution in [0.4, 0.5) is 0 Å². The van der Waals surface area contributed by atoms with Gasteiger partial charge >= 0.3 is 0 Å². The Hall–Kier alpha value is -3.32. The van der Waals surface area contributed by atoms with Gasteiger partial charge in [-0.1, -0.05) is 19.1 Å². The molecule has 1 amide bonds. The van der Waals surface area contributed by atoms with Crippen molar-refractivity contribution in [2.24, 2.45) is 0 Å². The van der Waals surface area contributed by atoms with Gasteiger partial charge in [-0.25, -0.2) is 0 Å². The Morgan fingerprint density at radius 2 is 1.74 bits per heavy atom. The number of rotatable bonds is 10. The van der Waals surface area contributed by atoms with E-state index in [2.05, 4.69) is 0 Å². The maximum atomic E-state index is 13.2. The zero-order valence-corrected chi connectivity index (χ0v) is 21.5. The summed E-state index contributed by atoms with van der Waals surface area (Å²) in [6.07, 6.45) is 0.910. The number of ketones is 1. The number of carbonyl (C=O) groups is 2. The normalized spacial score (nSPS) is 17.5. The van der Waals surface area contributed by atoms with Crippen molar-refractivity contribution in [1.82, 2.24) is 9.80 Å². The first-order chi connectivity index (χ1) is 16.6. The number of aliphatic hydroxyl groups excluding tert-OH is 1. The largest absolute Gasteiger partial charge is 0.507 e. The van der Waals surface area contributed by atoms with Crippen molar-refractivity contribution in [2.75, 3.05) is 33.8 Å². The number of aliphatic hydroxyl groups is 1. The van der Waals surface area contributed by atoms with Crippen LogP contribution in [0.5, 0.6) is 11.5 Å². The van der Waals surface area contributed by atoms with Crippen LogP contribution in [0.1, 0.15) is 49.9 Å². The molecule has 7 nitrogen and oxygen atoms in total. The number of ether oxygens (including phenoxy) is 2. The van der Waals surface area contributed by atoms with E-state index in [4.69, 9.17) is 9.47 Å². The maximum absolute atomic E-state index is 13.2. The van der Waals surface area contributed by atoms with E-state index >= 15 is 0 Å². The van der Waals surface area contributed by atoms with Crippen LogP contribution in [-0.2, 0) is 9.59 Å². The van der Waals surface area contributed by atoms with E-state index < -0.39 is 17.7 Å². The molecule has 2 aromatic rings. The lowest BCUT2D eigenvalue weighted by Crippen LogP contribution is -2.35. The van der Waals surface area contributed by atoms with Gasteiger partial charge in [0, 0.05) is 18.7 Å². The second-order valence-corrected chi connectivity index (χ2v) is 9.36. The molecule has 1 aliphatic rings. The van der Waals surface area contributed by atoms with Crippen LogP contribution in [0.2, 0.25) is 0 Å². The van der Waals surface area contributed by atoms with E-state index in [1.165, 1.54) is 0 Å². The molecule has 7 heteroatoms. The van der Waals surface area contributed by atoms with Gasteiger partial charge in [-0.15, -0.1) is 0 Å². The molecule has 0 aromatic heterocycles. The molecule has 0 bridgehead atoms. The Morgan fingerprint density at radius 3 is 2.31 bits per heavy atom. The van der Waals surface area contributed by atoms with Gasteiger partial charge in [-0.2, -0.15) is 0 Å². The number of amides is 1. The molecule has 0 radical (unpaired) electrons. The van der Waals surface area contributed by atoms with Gasteiger partial charge in [0.15, 0.2) is 0 Å². The number of nitrogens with zero attached hydrogens (tertiary/aromatic N) is 2. The molecule has 0 spiro atoms. The highest BCUT2D eigenvalue weighted by molar-refractivity contribution is 6.46. The molecule has 3 rings (SSSR count). The van der Waals surface area contributed by atoms with Crippen molar-refractivity contribution in [1.29, 1.82) is 0 Å². The van der Waals surface area contributed by atoms with E-state index in [-0.39, 0.29) is 17.4 Å². The smallest absolute Gasteiger partial charge is 0.295 e. The molecular formula is C28H36N2O5. The quantitative estimate of drug-likeness (QED) is 0.305. The molecule has 0 aliphatic carbocycles. The minimum atomic E-state index is -0.693. The number of aryl methyl sites for hydroxylation is 1. The molecule has 1 fully saturated rings. The number of hydrogen-bond acceptors (Lipinski definition) is 6. The summed E-state index contributed by atoms with van der Waals surface area (Å²) >= 11 is 0. The predicted molar refractivity (Wildman–Crippen MR) is 137 cm³/mol. The highest BCUT2D eigenvalue weighted by atomic mass is 16.5. The van der Waals surface area contributed by atoms with Crippen molar-refractivity contribution < 1.29 is 24.2 Å². The van der Waals surface area contributed by atoms with Crippen molar-refractivity contribution in [3.05, 3.63) is 64.7 Å². The summed E-state index contributed by atoms with van der Waals surface area (Å²) in [7, 11) is 3.82. The Morgan fingerprint density at radius 1 is 1.09 bits per heavy atom. The molecule has 188 valence electrons. The molecule has 35 heavy (non-hydrogen) atoms. The molecule has 0 saturated carbocycles. The molecule has 1 N–H and O–H groups in total. The molecule has 1 saturated heterocycles. The van der Waals surface area contributed by atoms with Crippen molar-refractivity contribution in [3.63, 3.8) is 0 Å². The maximum Gasteiger partial charge on any atom is 0.295 e.